The normalized spacial score (nSPS) is 10.1. The van der Waals surface area contributed by atoms with Crippen molar-refractivity contribution in [3.8, 4) is 11.5 Å². The van der Waals surface area contributed by atoms with Crippen LogP contribution in [0.5, 0.6) is 11.5 Å². The summed E-state index contributed by atoms with van der Waals surface area (Å²) in [5, 5.41) is 9.67. The number of nitrogens with one attached hydrogen (secondary N) is 1. The highest BCUT2D eigenvalue weighted by molar-refractivity contribution is 6.35. The van der Waals surface area contributed by atoms with Gasteiger partial charge in [0, 0.05) is 5.02 Å². The molecule has 0 atom stereocenters. The third-order valence-electron chi connectivity index (χ3n) is 2.11. The molecule has 0 aromatic heterocycles. The van der Waals surface area contributed by atoms with Gasteiger partial charge in [-0.2, -0.15) is 0 Å². The summed E-state index contributed by atoms with van der Waals surface area (Å²) < 4.78 is 5.56. The summed E-state index contributed by atoms with van der Waals surface area (Å²) in [5.41, 5.74) is 2.62. The monoisotopic (exact) mass is 269 g/mol. The molecule has 0 aliphatic carbocycles. The number of benzene rings is 2. The SMILES string of the molecule is ONc1ccc(Oc2ccc(Cl)cc2Cl)cc1. The zero-order valence-corrected chi connectivity index (χ0v) is 10.2. The first-order valence-electron chi connectivity index (χ1n) is 4.82. The lowest BCUT2D eigenvalue weighted by molar-refractivity contribution is 0.388. The van der Waals surface area contributed by atoms with E-state index in [9.17, 15) is 0 Å². The van der Waals surface area contributed by atoms with Crippen LogP contribution in [-0.4, -0.2) is 5.21 Å². The Balaban J connectivity index is 2.19. The standard InChI is InChI=1S/C12H9Cl2NO2/c13-8-1-6-12(11(14)7-8)17-10-4-2-9(15-16)3-5-10/h1-7,15-16H. The van der Waals surface area contributed by atoms with Gasteiger partial charge in [-0.15, -0.1) is 0 Å². The smallest absolute Gasteiger partial charge is 0.146 e. The van der Waals surface area contributed by atoms with Gasteiger partial charge in [0.1, 0.15) is 11.5 Å². The molecule has 2 aromatic carbocycles. The van der Waals surface area contributed by atoms with Crippen LogP contribution in [0.3, 0.4) is 0 Å². The second-order valence-electron chi connectivity index (χ2n) is 3.31. The van der Waals surface area contributed by atoms with E-state index in [1.54, 1.807) is 42.5 Å². The van der Waals surface area contributed by atoms with E-state index in [-0.39, 0.29) is 0 Å². The van der Waals surface area contributed by atoms with Crippen molar-refractivity contribution >= 4 is 28.9 Å². The third kappa shape index (κ3) is 3.03. The molecule has 0 saturated carbocycles. The van der Waals surface area contributed by atoms with Gasteiger partial charge in [-0.25, -0.2) is 0 Å². The summed E-state index contributed by atoms with van der Waals surface area (Å²) in [6, 6.07) is 11.8. The maximum Gasteiger partial charge on any atom is 0.146 e. The molecule has 0 saturated heterocycles. The van der Waals surface area contributed by atoms with E-state index in [4.69, 9.17) is 33.1 Å². The van der Waals surface area contributed by atoms with E-state index in [0.717, 1.165) is 0 Å². The zero-order chi connectivity index (χ0) is 12.3. The summed E-state index contributed by atoms with van der Waals surface area (Å²) in [6.07, 6.45) is 0. The molecule has 0 unspecified atom stereocenters. The van der Waals surface area contributed by atoms with Crippen molar-refractivity contribution < 1.29 is 9.94 Å². The summed E-state index contributed by atoms with van der Waals surface area (Å²) in [4.78, 5) is 0. The van der Waals surface area contributed by atoms with E-state index >= 15 is 0 Å². The van der Waals surface area contributed by atoms with Gasteiger partial charge in [0.25, 0.3) is 0 Å². The minimum atomic E-state index is 0.446. The summed E-state index contributed by atoms with van der Waals surface area (Å²) in [7, 11) is 0. The van der Waals surface area contributed by atoms with Crippen molar-refractivity contribution in [1.82, 2.24) is 0 Å². The molecule has 0 heterocycles. The molecular weight excluding hydrogens is 261 g/mol. The molecule has 0 fully saturated rings. The fourth-order valence-electron chi connectivity index (χ4n) is 1.28. The number of hydrogen-bond acceptors (Lipinski definition) is 3. The van der Waals surface area contributed by atoms with Gasteiger partial charge in [0.15, 0.2) is 0 Å². The molecule has 88 valence electrons. The van der Waals surface area contributed by atoms with Crippen molar-refractivity contribution in [1.29, 1.82) is 0 Å². The average molecular weight is 270 g/mol. The summed E-state index contributed by atoms with van der Waals surface area (Å²) >= 11 is 11.8. The quantitative estimate of drug-likeness (QED) is 0.801. The summed E-state index contributed by atoms with van der Waals surface area (Å²) in [5.74, 6) is 1.15. The summed E-state index contributed by atoms with van der Waals surface area (Å²) in [6.45, 7) is 0. The Bertz CT molecular complexity index is 514. The van der Waals surface area contributed by atoms with E-state index in [1.807, 2.05) is 5.48 Å². The highest BCUT2D eigenvalue weighted by atomic mass is 35.5. The fourth-order valence-corrected chi connectivity index (χ4v) is 1.73. The van der Waals surface area contributed by atoms with Crippen LogP contribution in [0.1, 0.15) is 0 Å². The van der Waals surface area contributed by atoms with Gasteiger partial charge in [0.2, 0.25) is 0 Å². The molecule has 0 spiro atoms. The number of halogens is 2. The maximum absolute atomic E-state index is 8.67. The van der Waals surface area contributed by atoms with Crippen molar-refractivity contribution in [3.63, 3.8) is 0 Å². The average Bonchev–Trinajstić information content (AvgIpc) is 2.34. The van der Waals surface area contributed by atoms with Crippen molar-refractivity contribution in [2.45, 2.75) is 0 Å². The molecule has 0 radical (unpaired) electrons. The van der Waals surface area contributed by atoms with Gasteiger partial charge in [-0.3, -0.25) is 10.7 Å². The Kier molecular flexibility index (Phi) is 3.74. The molecule has 5 heteroatoms. The van der Waals surface area contributed by atoms with Crippen LogP contribution in [0, 0.1) is 0 Å². The molecule has 2 N–H and O–H groups in total. The van der Waals surface area contributed by atoms with Crippen LogP contribution in [0.15, 0.2) is 42.5 Å². The first kappa shape index (κ1) is 12.0. The van der Waals surface area contributed by atoms with Crippen molar-refractivity contribution in [2.24, 2.45) is 0 Å². The van der Waals surface area contributed by atoms with Gasteiger partial charge in [0.05, 0.1) is 10.7 Å². The molecule has 0 aliphatic rings. The third-order valence-corrected chi connectivity index (χ3v) is 2.64. The predicted octanol–water partition coefficient (Wildman–Crippen LogP) is 4.59. The minimum absolute atomic E-state index is 0.446. The fraction of sp³-hybridized carbons (Fsp3) is 0. The number of ether oxygens (including phenoxy) is 1. The van der Waals surface area contributed by atoms with Gasteiger partial charge < -0.3 is 4.74 Å². The van der Waals surface area contributed by atoms with Crippen LogP contribution in [0.2, 0.25) is 10.0 Å². The molecular formula is C12H9Cl2NO2. The lowest BCUT2D eigenvalue weighted by Crippen LogP contribution is -1.89. The predicted molar refractivity (Wildman–Crippen MR) is 68.4 cm³/mol. The van der Waals surface area contributed by atoms with E-state index in [1.165, 1.54) is 0 Å². The van der Waals surface area contributed by atoms with Crippen LogP contribution in [0.25, 0.3) is 0 Å². The van der Waals surface area contributed by atoms with Gasteiger partial charge in [-0.1, -0.05) is 23.2 Å². The van der Waals surface area contributed by atoms with E-state index < -0.39 is 0 Å². The minimum Gasteiger partial charge on any atom is -0.456 e. The molecule has 3 nitrogen and oxygen atoms in total. The first-order chi connectivity index (χ1) is 8.19. The number of rotatable bonds is 3. The Morgan fingerprint density at radius 1 is 1.00 bits per heavy atom. The largest absolute Gasteiger partial charge is 0.456 e. The zero-order valence-electron chi connectivity index (χ0n) is 8.65. The number of anilines is 1. The second-order valence-corrected chi connectivity index (χ2v) is 4.16. The molecule has 0 bridgehead atoms. The van der Waals surface area contributed by atoms with Crippen LogP contribution in [0.4, 0.5) is 5.69 Å². The molecule has 0 amide bonds. The van der Waals surface area contributed by atoms with Crippen LogP contribution in [-0.2, 0) is 0 Å². The maximum atomic E-state index is 8.67. The lowest BCUT2D eigenvalue weighted by atomic mass is 10.3. The highest BCUT2D eigenvalue weighted by Gasteiger charge is 2.03. The molecule has 17 heavy (non-hydrogen) atoms. The topological polar surface area (TPSA) is 41.5 Å². The lowest BCUT2D eigenvalue weighted by Gasteiger charge is -2.08. The molecule has 2 aromatic rings. The Labute approximate surface area is 109 Å². The van der Waals surface area contributed by atoms with E-state index in [2.05, 4.69) is 0 Å². The van der Waals surface area contributed by atoms with Gasteiger partial charge in [-0.05, 0) is 42.5 Å². The molecule has 0 aliphatic heterocycles. The second kappa shape index (κ2) is 5.27. The highest BCUT2D eigenvalue weighted by Crippen LogP contribution is 2.31. The molecule has 2 rings (SSSR count). The van der Waals surface area contributed by atoms with Crippen molar-refractivity contribution in [3.05, 3.63) is 52.5 Å². The Hall–Kier alpha value is -1.42. The van der Waals surface area contributed by atoms with E-state index in [0.29, 0.717) is 27.2 Å². The Morgan fingerprint density at radius 2 is 1.71 bits per heavy atom. The van der Waals surface area contributed by atoms with Gasteiger partial charge >= 0.3 is 0 Å². The van der Waals surface area contributed by atoms with Crippen molar-refractivity contribution in [2.75, 3.05) is 5.48 Å². The van der Waals surface area contributed by atoms with Crippen LogP contribution < -0.4 is 10.2 Å². The first-order valence-corrected chi connectivity index (χ1v) is 5.58. The Morgan fingerprint density at radius 3 is 2.29 bits per heavy atom. The van der Waals surface area contributed by atoms with Crippen LogP contribution >= 0.6 is 23.2 Å². The number of hydrogen-bond donors (Lipinski definition) is 2.